The molecule has 1 aliphatic rings. The lowest BCUT2D eigenvalue weighted by Crippen LogP contribution is -2.28. The molecular formula is C5H10N2O3S. The highest BCUT2D eigenvalue weighted by atomic mass is 32.2. The van der Waals surface area contributed by atoms with Gasteiger partial charge in [0.25, 0.3) is 0 Å². The molecule has 6 heteroatoms. The van der Waals surface area contributed by atoms with Crippen molar-refractivity contribution in [3.05, 3.63) is 0 Å². The Morgan fingerprint density at radius 1 is 1.73 bits per heavy atom. The van der Waals surface area contributed by atoms with Crippen LogP contribution in [0.2, 0.25) is 0 Å². The van der Waals surface area contributed by atoms with Gasteiger partial charge < -0.3 is 10.6 Å². The number of hydrogen-bond donors (Lipinski definition) is 1. The van der Waals surface area contributed by atoms with E-state index >= 15 is 0 Å². The zero-order valence-corrected chi connectivity index (χ0v) is 6.97. The van der Waals surface area contributed by atoms with Gasteiger partial charge in [0.05, 0.1) is 23.3 Å². The molecule has 1 atom stereocenters. The van der Waals surface area contributed by atoms with Gasteiger partial charge in [-0.05, 0) is 0 Å². The van der Waals surface area contributed by atoms with Crippen LogP contribution in [0.3, 0.4) is 0 Å². The molecule has 0 spiro atoms. The number of oxime groups is 1. The summed E-state index contributed by atoms with van der Waals surface area (Å²) >= 11 is 0. The zero-order chi connectivity index (χ0) is 8.48. The standard InChI is InChI=1S/C5H10N2O3S/c1-10-7-5-3-11(8,9)2-4(5)6/h4H,2-3,6H2,1H3/b7-5-. The molecule has 0 amide bonds. The molecule has 1 saturated heterocycles. The quantitative estimate of drug-likeness (QED) is 0.508. The van der Waals surface area contributed by atoms with Crippen molar-refractivity contribution in [3.8, 4) is 0 Å². The predicted molar refractivity (Wildman–Crippen MR) is 41.1 cm³/mol. The number of sulfone groups is 1. The van der Waals surface area contributed by atoms with Crippen LogP contribution in [0.15, 0.2) is 5.16 Å². The fraction of sp³-hybridized carbons (Fsp3) is 0.800. The highest BCUT2D eigenvalue weighted by Crippen LogP contribution is 2.07. The normalized spacial score (nSPS) is 32.5. The fourth-order valence-corrected chi connectivity index (χ4v) is 2.55. The summed E-state index contributed by atoms with van der Waals surface area (Å²) in [5, 5.41) is 3.51. The molecule has 1 fully saturated rings. The molecule has 5 nitrogen and oxygen atoms in total. The Morgan fingerprint density at radius 3 is 2.73 bits per heavy atom. The van der Waals surface area contributed by atoms with Crippen LogP contribution in [-0.4, -0.2) is 38.8 Å². The minimum Gasteiger partial charge on any atom is -0.399 e. The first-order valence-electron chi connectivity index (χ1n) is 3.11. The molecule has 0 aromatic rings. The summed E-state index contributed by atoms with van der Waals surface area (Å²) < 4.78 is 21.8. The smallest absolute Gasteiger partial charge is 0.157 e. The molecule has 0 aliphatic carbocycles. The second-order valence-electron chi connectivity index (χ2n) is 2.43. The highest BCUT2D eigenvalue weighted by molar-refractivity contribution is 7.92. The fourth-order valence-electron chi connectivity index (χ4n) is 0.972. The van der Waals surface area contributed by atoms with Gasteiger partial charge in [-0.3, -0.25) is 0 Å². The Balaban J connectivity index is 2.83. The van der Waals surface area contributed by atoms with Crippen LogP contribution in [0.25, 0.3) is 0 Å². The minimum absolute atomic E-state index is 0.0187. The largest absolute Gasteiger partial charge is 0.399 e. The van der Waals surface area contributed by atoms with Crippen LogP contribution < -0.4 is 5.73 Å². The van der Waals surface area contributed by atoms with Gasteiger partial charge in [0.1, 0.15) is 7.11 Å². The topological polar surface area (TPSA) is 81.8 Å². The Bertz CT molecular complexity index is 269. The van der Waals surface area contributed by atoms with Crippen molar-refractivity contribution >= 4 is 15.5 Å². The maximum Gasteiger partial charge on any atom is 0.157 e. The van der Waals surface area contributed by atoms with Crippen molar-refractivity contribution in [2.45, 2.75) is 6.04 Å². The van der Waals surface area contributed by atoms with E-state index in [2.05, 4.69) is 9.99 Å². The third-order valence-electron chi connectivity index (χ3n) is 1.44. The number of hydrogen-bond acceptors (Lipinski definition) is 5. The minimum atomic E-state index is -3.00. The van der Waals surface area contributed by atoms with E-state index < -0.39 is 15.9 Å². The van der Waals surface area contributed by atoms with Gasteiger partial charge in [0, 0.05) is 0 Å². The van der Waals surface area contributed by atoms with Gasteiger partial charge in [-0.1, -0.05) is 5.16 Å². The first-order valence-corrected chi connectivity index (χ1v) is 4.93. The molecule has 64 valence electrons. The van der Waals surface area contributed by atoms with Crippen molar-refractivity contribution in [2.75, 3.05) is 18.6 Å². The van der Waals surface area contributed by atoms with Crippen LogP contribution in [0.4, 0.5) is 0 Å². The van der Waals surface area contributed by atoms with E-state index in [0.29, 0.717) is 5.71 Å². The molecular weight excluding hydrogens is 168 g/mol. The van der Waals surface area contributed by atoms with Crippen molar-refractivity contribution in [1.29, 1.82) is 0 Å². The lowest BCUT2D eigenvalue weighted by Gasteiger charge is -1.97. The lowest BCUT2D eigenvalue weighted by molar-refractivity contribution is 0.212. The van der Waals surface area contributed by atoms with E-state index in [-0.39, 0.29) is 11.5 Å². The molecule has 11 heavy (non-hydrogen) atoms. The van der Waals surface area contributed by atoms with Crippen LogP contribution in [-0.2, 0) is 14.7 Å². The Labute approximate surface area is 65.1 Å². The summed E-state index contributed by atoms with van der Waals surface area (Å²) in [5.74, 6) is -0.0861. The molecule has 1 rings (SSSR count). The first-order chi connectivity index (χ1) is 5.05. The van der Waals surface area contributed by atoms with Crippen LogP contribution >= 0.6 is 0 Å². The number of nitrogens with zero attached hydrogens (tertiary/aromatic N) is 1. The van der Waals surface area contributed by atoms with Crippen molar-refractivity contribution in [3.63, 3.8) is 0 Å². The summed E-state index contributed by atoms with van der Waals surface area (Å²) in [6.45, 7) is 0. The van der Waals surface area contributed by atoms with E-state index in [4.69, 9.17) is 5.73 Å². The molecule has 0 saturated carbocycles. The maximum atomic E-state index is 10.9. The number of rotatable bonds is 1. The van der Waals surface area contributed by atoms with E-state index in [0.717, 1.165) is 0 Å². The van der Waals surface area contributed by atoms with E-state index in [1.54, 1.807) is 0 Å². The Kier molecular flexibility index (Phi) is 2.15. The summed E-state index contributed by atoms with van der Waals surface area (Å²) in [7, 11) is -1.64. The summed E-state index contributed by atoms with van der Waals surface area (Å²) in [6, 6.07) is -0.486. The molecule has 1 unspecified atom stereocenters. The van der Waals surface area contributed by atoms with Gasteiger partial charge in [-0.25, -0.2) is 8.42 Å². The molecule has 0 aromatic heterocycles. The Morgan fingerprint density at radius 2 is 2.36 bits per heavy atom. The van der Waals surface area contributed by atoms with E-state index in [9.17, 15) is 8.42 Å². The van der Waals surface area contributed by atoms with Gasteiger partial charge in [-0.2, -0.15) is 0 Å². The third-order valence-corrected chi connectivity index (χ3v) is 3.04. The van der Waals surface area contributed by atoms with Gasteiger partial charge in [-0.15, -0.1) is 0 Å². The van der Waals surface area contributed by atoms with E-state index in [1.807, 2.05) is 0 Å². The lowest BCUT2D eigenvalue weighted by atomic mass is 10.2. The third kappa shape index (κ3) is 1.90. The maximum absolute atomic E-state index is 10.9. The molecule has 2 N–H and O–H groups in total. The summed E-state index contributed by atoms with van der Waals surface area (Å²) in [5.41, 5.74) is 5.86. The van der Waals surface area contributed by atoms with Crippen molar-refractivity contribution in [1.82, 2.24) is 0 Å². The first kappa shape index (κ1) is 8.48. The van der Waals surface area contributed by atoms with Crippen LogP contribution in [0.5, 0.6) is 0 Å². The second kappa shape index (κ2) is 2.78. The monoisotopic (exact) mass is 178 g/mol. The van der Waals surface area contributed by atoms with Gasteiger partial charge in [0.15, 0.2) is 9.84 Å². The summed E-state index contributed by atoms with van der Waals surface area (Å²) in [6.07, 6.45) is 0. The van der Waals surface area contributed by atoms with Crippen molar-refractivity contribution < 1.29 is 13.3 Å². The molecule has 0 bridgehead atoms. The highest BCUT2D eigenvalue weighted by Gasteiger charge is 2.31. The van der Waals surface area contributed by atoms with Crippen LogP contribution in [0, 0.1) is 0 Å². The SMILES string of the molecule is CO/N=C1/CS(=O)(=O)CC1N. The van der Waals surface area contributed by atoms with Gasteiger partial charge in [0.2, 0.25) is 0 Å². The Hall–Kier alpha value is -0.620. The zero-order valence-electron chi connectivity index (χ0n) is 6.15. The molecule has 1 heterocycles. The molecule has 0 radical (unpaired) electrons. The average Bonchev–Trinajstić information content (AvgIpc) is 2.07. The second-order valence-corrected chi connectivity index (χ2v) is 4.54. The summed E-state index contributed by atoms with van der Waals surface area (Å²) in [4.78, 5) is 4.43. The number of nitrogens with two attached hydrogens (primary N) is 1. The van der Waals surface area contributed by atoms with Crippen molar-refractivity contribution in [2.24, 2.45) is 10.9 Å². The van der Waals surface area contributed by atoms with E-state index in [1.165, 1.54) is 7.11 Å². The average molecular weight is 178 g/mol. The van der Waals surface area contributed by atoms with Gasteiger partial charge >= 0.3 is 0 Å². The predicted octanol–water partition coefficient (Wildman–Crippen LogP) is -1.26. The molecule has 1 aliphatic heterocycles. The van der Waals surface area contributed by atoms with Crippen LogP contribution in [0.1, 0.15) is 0 Å². The molecule has 0 aromatic carbocycles.